The van der Waals surface area contributed by atoms with E-state index in [1.165, 1.54) is 0 Å². The summed E-state index contributed by atoms with van der Waals surface area (Å²) in [6, 6.07) is 0. The number of aromatic nitrogens is 1. The smallest absolute Gasteiger partial charge is 0.493 e. The molecule has 2 N–H and O–H groups in total. The SMILES string of the molecule is COc1cnc(C(F)F)c(OC(F)(F)F)c1N. The van der Waals surface area contributed by atoms with Crippen molar-refractivity contribution in [3.05, 3.63) is 11.9 Å². The fourth-order valence-corrected chi connectivity index (χ4v) is 1.05. The van der Waals surface area contributed by atoms with E-state index in [9.17, 15) is 22.0 Å². The van der Waals surface area contributed by atoms with E-state index in [-0.39, 0.29) is 5.75 Å². The number of pyridine rings is 1. The van der Waals surface area contributed by atoms with Crippen LogP contribution < -0.4 is 15.2 Å². The summed E-state index contributed by atoms with van der Waals surface area (Å²) in [5, 5.41) is 0. The first kappa shape index (κ1) is 13.3. The molecule has 1 aromatic rings. The summed E-state index contributed by atoms with van der Waals surface area (Å²) in [7, 11) is 1.10. The molecular weight excluding hydrogens is 251 g/mol. The van der Waals surface area contributed by atoms with E-state index in [1.54, 1.807) is 0 Å². The lowest BCUT2D eigenvalue weighted by molar-refractivity contribution is -0.275. The third-order valence-electron chi connectivity index (χ3n) is 1.71. The van der Waals surface area contributed by atoms with Crippen molar-refractivity contribution in [2.45, 2.75) is 12.8 Å². The quantitative estimate of drug-likeness (QED) is 0.846. The lowest BCUT2D eigenvalue weighted by atomic mass is 10.2. The summed E-state index contributed by atoms with van der Waals surface area (Å²) in [5.74, 6) is -1.53. The van der Waals surface area contributed by atoms with Gasteiger partial charge in [0.25, 0.3) is 6.43 Å². The maximum Gasteiger partial charge on any atom is 0.573 e. The molecule has 0 spiro atoms. The molecule has 17 heavy (non-hydrogen) atoms. The van der Waals surface area contributed by atoms with E-state index in [0.717, 1.165) is 13.3 Å². The minimum absolute atomic E-state index is 0.284. The molecule has 0 radical (unpaired) electrons. The number of methoxy groups -OCH3 is 1. The molecular formula is C8H7F5N2O2. The Morgan fingerprint density at radius 3 is 2.35 bits per heavy atom. The molecule has 0 unspecified atom stereocenters. The minimum atomic E-state index is -5.15. The van der Waals surface area contributed by atoms with Crippen LogP contribution in [-0.4, -0.2) is 18.5 Å². The number of rotatable bonds is 3. The Hall–Kier alpha value is -1.80. The highest BCUT2D eigenvalue weighted by Gasteiger charge is 2.35. The number of ether oxygens (including phenoxy) is 2. The van der Waals surface area contributed by atoms with Crippen LogP contribution in [0.15, 0.2) is 6.20 Å². The van der Waals surface area contributed by atoms with E-state index in [4.69, 9.17) is 5.73 Å². The van der Waals surface area contributed by atoms with Crippen molar-refractivity contribution in [1.82, 2.24) is 4.98 Å². The average Bonchev–Trinajstić information content (AvgIpc) is 2.18. The molecule has 9 heteroatoms. The highest BCUT2D eigenvalue weighted by molar-refractivity contribution is 5.63. The van der Waals surface area contributed by atoms with Gasteiger partial charge in [0.1, 0.15) is 5.69 Å². The summed E-state index contributed by atoms with van der Waals surface area (Å²) in [5.41, 5.74) is 3.34. The Labute approximate surface area is 92.1 Å². The molecule has 1 aromatic heterocycles. The van der Waals surface area contributed by atoms with E-state index in [1.807, 2.05) is 0 Å². The molecule has 0 fully saturated rings. The Bertz CT molecular complexity index is 408. The van der Waals surface area contributed by atoms with E-state index >= 15 is 0 Å². The molecule has 1 rings (SSSR count). The van der Waals surface area contributed by atoms with Gasteiger partial charge < -0.3 is 15.2 Å². The first-order valence-electron chi connectivity index (χ1n) is 4.12. The molecule has 0 saturated carbocycles. The van der Waals surface area contributed by atoms with Gasteiger partial charge in [0.2, 0.25) is 0 Å². The van der Waals surface area contributed by atoms with Gasteiger partial charge in [0.05, 0.1) is 13.3 Å². The van der Waals surface area contributed by atoms with Crippen LogP contribution in [0.25, 0.3) is 0 Å². The van der Waals surface area contributed by atoms with Crippen LogP contribution in [0.2, 0.25) is 0 Å². The lowest BCUT2D eigenvalue weighted by Crippen LogP contribution is -2.20. The van der Waals surface area contributed by atoms with Gasteiger partial charge in [-0.25, -0.2) is 13.8 Å². The first-order chi connectivity index (χ1) is 7.76. The van der Waals surface area contributed by atoms with Gasteiger partial charge in [-0.05, 0) is 0 Å². The Morgan fingerprint density at radius 1 is 1.35 bits per heavy atom. The Balaban J connectivity index is 3.30. The molecule has 0 aliphatic rings. The van der Waals surface area contributed by atoms with Crippen molar-refractivity contribution in [3.8, 4) is 11.5 Å². The summed E-state index contributed by atoms with van der Waals surface area (Å²) in [6.07, 6.45) is -7.60. The average molecular weight is 258 g/mol. The van der Waals surface area contributed by atoms with Crippen molar-refractivity contribution in [3.63, 3.8) is 0 Å². The first-order valence-corrected chi connectivity index (χ1v) is 4.12. The molecule has 4 nitrogen and oxygen atoms in total. The zero-order valence-corrected chi connectivity index (χ0v) is 8.39. The Kier molecular flexibility index (Phi) is 3.59. The molecule has 0 amide bonds. The van der Waals surface area contributed by atoms with Gasteiger partial charge >= 0.3 is 6.36 Å². The van der Waals surface area contributed by atoms with Crippen molar-refractivity contribution >= 4 is 5.69 Å². The number of halogens is 5. The van der Waals surface area contributed by atoms with Crippen molar-refractivity contribution < 1.29 is 31.4 Å². The molecule has 96 valence electrons. The minimum Gasteiger partial charge on any atom is -0.493 e. The number of alkyl halides is 5. The van der Waals surface area contributed by atoms with Crippen molar-refractivity contribution in [2.75, 3.05) is 12.8 Å². The maximum absolute atomic E-state index is 12.4. The largest absolute Gasteiger partial charge is 0.573 e. The molecule has 0 bridgehead atoms. The van der Waals surface area contributed by atoms with Crippen molar-refractivity contribution in [2.24, 2.45) is 0 Å². The van der Waals surface area contributed by atoms with Gasteiger partial charge in [-0.3, -0.25) is 0 Å². The highest BCUT2D eigenvalue weighted by atomic mass is 19.4. The number of nitrogens with two attached hydrogens (primary N) is 1. The fraction of sp³-hybridized carbons (Fsp3) is 0.375. The summed E-state index contributed by atoms with van der Waals surface area (Å²) in [4.78, 5) is 3.11. The van der Waals surface area contributed by atoms with E-state index in [2.05, 4.69) is 14.5 Å². The molecule has 0 aliphatic carbocycles. The zero-order chi connectivity index (χ0) is 13.2. The standard InChI is InChI=1S/C8H7F5N2O2/c1-16-3-2-15-5(7(9)10)6(4(3)14)17-8(11,12)13/h2,7H,1H3,(H2,14,15). The zero-order valence-electron chi connectivity index (χ0n) is 8.39. The highest BCUT2D eigenvalue weighted by Crippen LogP contribution is 2.40. The van der Waals surface area contributed by atoms with Gasteiger partial charge in [0.15, 0.2) is 17.2 Å². The van der Waals surface area contributed by atoms with Crippen LogP contribution in [0.4, 0.5) is 27.6 Å². The normalized spacial score (nSPS) is 11.7. The van der Waals surface area contributed by atoms with Crippen LogP contribution in [-0.2, 0) is 0 Å². The van der Waals surface area contributed by atoms with Crippen LogP contribution >= 0.6 is 0 Å². The van der Waals surface area contributed by atoms with Crippen LogP contribution in [0.5, 0.6) is 11.5 Å². The molecule has 1 heterocycles. The third kappa shape index (κ3) is 3.08. The molecule has 0 saturated heterocycles. The van der Waals surface area contributed by atoms with Gasteiger partial charge in [-0.1, -0.05) is 0 Å². The molecule has 0 atom stereocenters. The molecule has 0 aliphatic heterocycles. The van der Waals surface area contributed by atoms with Gasteiger partial charge in [-0.15, -0.1) is 13.2 Å². The maximum atomic E-state index is 12.4. The van der Waals surface area contributed by atoms with Gasteiger partial charge in [-0.2, -0.15) is 0 Å². The van der Waals surface area contributed by atoms with Crippen LogP contribution in [0.3, 0.4) is 0 Å². The molecule has 0 aromatic carbocycles. The van der Waals surface area contributed by atoms with E-state index < -0.39 is 29.9 Å². The number of hydrogen-bond acceptors (Lipinski definition) is 4. The number of nitrogen functional groups attached to an aromatic ring is 1. The summed E-state index contributed by atoms with van der Waals surface area (Å²) >= 11 is 0. The predicted molar refractivity (Wildman–Crippen MR) is 46.8 cm³/mol. The third-order valence-corrected chi connectivity index (χ3v) is 1.71. The Morgan fingerprint density at radius 2 is 1.94 bits per heavy atom. The second-order valence-corrected chi connectivity index (χ2v) is 2.80. The number of nitrogens with zero attached hydrogens (tertiary/aromatic N) is 1. The second kappa shape index (κ2) is 4.60. The fourth-order valence-electron chi connectivity index (χ4n) is 1.05. The second-order valence-electron chi connectivity index (χ2n) is 2.80. The van der Waals surface area contributed by atoms with Crippen LogP contribution in [0, 0.1) is 0 Å². The van der Waals surface area contributed by atoms with Crippen LogP contribution in [0.1, 0.15) is 12.1 Å². The number of anilines is 1. The monoisotopic (exact) mass is 258 g/mol. The van der Waals surface area contributed by atoms with Crippen molar-refractivity contribution in [1.29, 1.82) is 0 Å². The lowest BCUT2D eigenvalue weighted by Gasteiger charge is -2.15. The van der Waals surface area contributed by atoms with Gasteiger partial charge in [0, 0.05) is 0 Å². The summed E-state index contributed by atoms with van der Waals surface area (Å²) in [6.45, 7) is 0. The summed E-state index contributed by atoms with van der Waals surface area (Å²) < 4.78 is 68.8. The topological polar surface area (TPSA) is 57.4 Å². The predicted octanol–water partition coefficient (Wildman–Crippen LogP) is 2.51. The number of hydrogen-bond donors (Lipinski definition) is 1. The van der Waals surface area contributed by atoms with E-state index in [0.29, 0.717) is 0 Å².